The van der Waals surface area contributed by atoms with E-state index in [1.807, 2.05) is 24.3 Å². The predicted octanol–water partition coefficient (Wildman–Crippen LogP) is 2.93. The Morgan fingerprint density at radius 2 is 1.56 bits per heavy atom. The van der Waals surface area contributed by atoms with Crippen molar-refractivity contribution in [2.75, 3.05) is 41.3 Å². The maximum atomic E-state index is 5.86. The zero-order valence-corrected chi connectivity index (χ0v) is 16.0. The number of hydrogen-bond donors (Lipinski definition) is 1. The second kappa shape index (κ2) is 8.26. The summed E-state index contributed by atoms with van der Waals surface area (Å²) in [4.78, 5) is 0. The van der Waals surface area contributed by atoms with Crippen LogP contribution in [0.15, 0.2) is 24.3 Å². The molecule has 2 aromatic rings. The lowest BCUT2D eigenvalue weighted by Crippen LogP contribution is -2.12. The minimum Gasteiger partial charge on any atom is -0.493 e. The van der Waals surface area contributed by atoms with E-state index in [0.717, 1.165) is 11.1 Å². The van der Waals surface area contributed by atoms with Gasteiger partial charge >= 0.3 is 0 Å². The minimum absolute atomic E-state index is 0.0269. The Hall–Kier alpha value is -2.80. The monoisotopic (exact) mass is 375 g/mol. The molecule has 0 aliphatic carbocycles. The van der Waals surface area contributed by atoms with Crippen LogP contribution in [-0.4, -0.2) is 41.3 Å². The first-order valence-electron chi connectivity index (χ1n) is 8.69. The molecular formula is C20H25NO6. The molecule has 3 rings (SSSR count). The first kappa shape index (κ1) is 19.0. The van der Waals surface area contributed by atoms with E-state index in [4.69, 9.17) is 34.2 Å². The van der Waals surface area contributed by atoms with Crippen molar-refractivity contribution >= 4 is 0 Å². The van der Waals surface area contributed by atoms with Gasteiger partial charge in [-0.05, 0) is 23.8 Å². The molecule has 1 heterocycles. The molecule has 2 N–H and O–H groups in total. The number of hydrogen-bond acceptors (Lipinski definition) is 7. The van der Waals surface area contributed by atoms with Crippen molar-refractivity contribution in [1.29, 1.82) is 0 Å². The van der Waals surface area contributed by atoms with Crippen LogP contribution >= 0.6 is 0 Å². The summed E-state index contributed by atoms with van der Waals surface area (Å²) in [6, 6.07) is 7.66. The molecule has 0 amide bonds. The number of methoxy groups -OCH3 is 3. The number of benzene rings is 2. The zero-order valence-electron chi connectivity index (χ0n) is 16.0. The maximum Gasteiger partial charge on any atom is 0.231 e. The molecule has 7 nitrogen and oxygen atoms in total. The van der Waals surface area contributed by atoms with E-state index in [0.29, 0.717) is 47.6 Å². The Bertz CT molecular complexity index is 782. The van der Waals surface area contributed by atoms with Gasteiger partial charge in [0, 0.05) is 24.1 Å². The molecule has 146 valence electrons. The molecule has 27 heavy (non-hydrogen) atoms. The molecular weight excluding hydrogens is 350 g/mol. The highest BCUT2D eigenvalue weighted by molar-refractivity contribution is 5.58. The summed E-state index contributed by atoms with van der Waals surface area (Å²) in [5.74, 6) is 3.81. The smallest absolute Gasteiger partial charge is 0.231 e. The molecule has 2 aromatic carbocycles. The van der Waals surface area contributed by atoms with Gasteiger partial charge in [-0.1, -0.05) is 6.92 Å². The van der Waals surface area contributed by atoms with Crippen molar-refractivity contribution in [2.24, 2.45) is 5.73 Å². The fraction of sp³-hybridized carbons (Fsp3) is 0.400. The molecule has 0 fully saturated rings. The lowest BCUT2D eigenvalue weighted by Gasteiger charge is -2.20. The highest BCUT2D eigenvalue weighted by Crippen LogP contribution is 2.45. The van der Waals surface area contributed by atoms with Gasteiger partial charge < -0.3 is 34.2 Å². The average molecular weight is 375 g/mol. The standard InChI is InChI=1S/C20H25NO6/c1-12(13-7-18(22-2)20(24-4)19(8-13)23-3)14-9-16-17(27-11-26-16)10-15(14)25-6-5-21/h7-10,12H,5-6,11,21H2,1-4H3/t12-/m0/s1. The largest absolute Gasteiger partial charge is 0.493 e. The first-order valence-corrected chi connectivity index (χ1v) is 8.69. The van der Waals surface area contributed by atoms with Crippen molar-refractivity contribution in [3.05, 3.63) is 35.4 Å². The summed E-state index contributed by atoms with van der Waals surface area (Å²) in [5.41, 5.74) is 7.55. The van der Waals surface area contributed by atoms with Crippen LogP contribution in [-0.2, 0) is 0 Å². The molecule has 0 aromatic heterocycles. The molecule has 1 aliphatic heterocycles. The van der Waals surface area contributed by atoms with Crippen LogP contribution < -0.4 is 34.2 Å². The quantitative estimate of drug-likeness (QED) is 0.760. The molecule has 0 bridgehead atoms. The molecule has 0 saturated carbocycles. The number of ether oxygens (including phenoxy) is 6. The normalized spacial score (nSPS) is 13.2. The van der Waals surface area contributed by atoms with Crippen LogP contribution in [0.5, 0.6) is 34.5 Å². The molecule has 7 heteroatoms. The second-order valence-corrected chi connectivity index (χ2v) is 6.06. The summed E-state index contributed by atoms with van der Waals surface area (Å²) >= 11 is 0. The molecule has 0 radical (unpaired) electrons. The van der Waals surface area contributed by atoms with Crippen molar-refractivity contribution in [1.82, 2.24) is 0 Å². The van der Waals surface area contributed by atoms with Crippen LogP contribution in [0.4, 0.5) is 0 Å². The van der Waals surface area contributed by atoms with Crippen molar-refractivity contribution in [3.8, 4) is 34.5 Å². The topological polar surface area (TPSA) is 81.4 Å². The van der Waals surface area contributed by atoms with Crippen molar-refractivity contribution in [3.63, 3.8) is 0 Å². The molecule has 0 spiro atoms. The van der Waals surface area contributed by atoms with Crippen LogP contribution in [0.25, 0.3) is 0 Å². The van der Waals surface area contributed by atoms with Gasteiger partial charge in [-0.3, -0.25) is 0 Å². The Kier molecular flexibility index (Phi) is 5.81. The van der Waals surface area contributed by atoms with Gasteiger partial charge in [-0.2, -0.15) is 0 Å². The van der Waals surface area contributed by atoms with E-state index in [2.05, 4.69) is 6.92 Å². The van der Waals surface area contributed by atoms with Crippen molar-refractivity contribution in [2.45, 2.75) is 12.8 Å². The van der Waals surface area contributed by atoms with E-state index < -0.39 is 0 Å². The van der Waals surface area contributed by atoms with E-state index in [9.17, 15) is 0 Å². The Balaban J connectivity index is 2.06. The van der Waals surface area contributed by atoms with Gasteiger partial charge in [-0.15, -0.1) is 0 Å². The summed E-state index contributed by atoms with van der Waals surface area (Å²) in [6.07, 6.45) is 0. The van der Waals surface area contributed by atoms with Crippen LogP contribution in [0.3, 0.4) is 0 Å². The average Bonchev–Trinajstić information content (AvgIpc) is 3.17. The van der Waals surface area contributed by atoms with Gasteiger partial charge in [0.2, 0.25) is 12.5 Å². The summed E-state index contributed by atoms with van der Waals surface area (Å²) < 4.78 is 33.2. The number of nitrogens with two attached hydrogens (primary N) is 1. The lowest BCUT2D eigenvalue weighted by molar-refractivity contribution is 0.173. The van der Waals surface area contributed by atoms with Gasteiger partial charge in [0.05, 0.1) is 21.3 Å². The van der Waals surface area contributed by atoms with E-state index >= 15 is 0 Å². The molecule has 0 unspecified atom stereocenters. The summed E-state index contributed by atoms with van der Waals surface area (Å²) in [6.45, 7) is 3.11. The third-order valence-corrected chi connectivity index (χ3v) is 4.53. The Morgan fingerprint density at radius 3 is 2.11 bits per heavy atom. The van der Waals surface area contributed by atoms with Gasteiger partial charge in [0.25, 0.3) is 0 Å². The fourth-order valence-corrected chi connectivity index (χ4v) is 3.10. The Morgan fingerprint density at radius 1 is 0.926 bits per heavy atom. The van der Waals surface area contributed by atoms with E-state index in [1.54, 1.807) is 21.3 Å². The van der Waals surface area contributed by atoms with Gasteiger partial charge in [-0.25, -0.2) is 0 Å². The second-order valence-electron chi connectivity index (χ2n) is 6.06. The summed E-state index contributed by atoms with van der Waals surface area (Å²) in [7, 11) is 4.78. The molecule has 1 atom stereocenters. The highest BCUT2D eigenvalue weighted by atomic mass is 16.7. The molecule has 1 aliphatic rings. The van der Waals surface area contributed by atoms with Gasteiger partial charge in [0.1, 0.15) is 12.4 Å². The zero-order chi connectivity index (χ0) is 19.4. The van der Waals surface area contributed by atoms with E-state index in [-0.39, 0.29) is 12.7 Å². The van der Waals surface area contributed by atoms with Crippen LogP contribution in [0, 0.1) is 0 Å². The maximum absolute atomic E-state index is 5.86. The van der Waals surface area contributed by atoms with Crippen LogP contribution in [0.1, 0.15) is 24.0 Å². The lowest BCUT2D eigenvalue weighted by atomic mass is 9.91. The third-order valence-electron chi connectivity index (χ3n) is 4.53. The Labute approximate surface area is 158 Å². The SMILES string of the molecule is COc1cc([C@H](C)c2cc3c(cc2OCCN)OCO3)cc(OC)c1OC. The number of rotatable bonds is 8. The fourth-order valence-electron chi connectivity index (χ4n) is 3.10. The molecule has 0 saturated heterocycles. The van der Waals surface area contributed by atoms with Crippen LogP contribution in [0.2, 0.25) is 0 Å². The first-order chi connectivity index (χ1) is 13.1. The predicted molar refractivity (Wildman–Crippen MR) is 101 cm³/mol. The van der Waals surface area contributed by atoms with Crippen molar-refractivity contribution < 1.29 is 28.4 Å². The summed E-state index contributed by atoms with van der Waals surface area (Å²) in [5, 5.41) is 0. The number of fused-ring (bicyclic) bond motifs is 1. The van der Waals surface area contributed by atoms with E-state index in [1.165, 1.54) is 0 Å². The minimum atomic E-state index is -0.0269. The third kappa shape index (κ3) is 3.68. The van der Waals surface area contributed by atoms with Gasteiger partial charge in [0.15, 0.2) is 23.0 Å². The highest BCUT2D eigenvalue weighted by Gasteiger charge is 2.24.